The molecule has 1 aromatic heterocycles. The molecular weight excluding hydrogens is 332 g/mol. The molecule has 2 saturated heterocycles. The van der Waals surface area contributed by atoms with E-state index in [0.29, 0.717) is 6.54 Å². The molecule has 0 aromatic carbocycles. The molecular formula is C15H24N4O6. The zero-order chi connectivity index (χ0) is 18.7. The van der Waals surface area contributed by atoms with Crippen LogP contribution >= 0.6 is 0 Å². The second-order valence-corrected chi connectivity index (χ2v) is 5.68. The zero-order valence-corrected chi connectivity index (χ0v) is 14.1. The molecule has 10 nitrogen and oxygen atoms in total. The first-order valence-electron chi connectivity index (χ1n) is 7.81. The number of piperidine rings is 1. The number of amides is 1. The van der Waals surface area contributed by atoms with E-state index in [4.69, 9.17) is 24.5 Å². The SMILES string of the molecule is Cn1ccnc1CCN1CCC2(CC1)CNC(=O)O2.O=CO.O=CO. The number of aromatic nitrogens is 2. The molecule has 140 valence electrons. The third kappa shape index (κ3) is 6.42. The van der Waals surface area contributed by atoms with E-state index < -0.39 is 0 Å². The number of carboxylic acid groups (broad SMARTS) is 2. The third-order valence-electron chi connectivity index (χ3n) is 4.20. The summed E-state index contributed by atoms with van der Waals surface area (Å²) in [4.78, 5) is 34.6. The molecule has 2 aliphatic rings. The first kappa shape index (κ1) is 20.4. The van der Waals surface area contributed by atoms with Gasteiger partial charge in [0, 0.05) is 58.3 Å². The van der Waals surface area contributed by atoms with Crippen molar-refractivity contribution in [2.24, 2.45) is 7.05 Å². The van der Waals surface area contributed by atoms with E-state index in [1.807, 2.05) is 19.4 Å². The molecule has 10 heteroatoms. The summed E-state index contributed by atoms with van der Waals surface area (Å²) in [6.07, 6.45) is 6.36. The van der Waals surface area contributed by atoms with E-state index in [9.17, 15) is 4.79 Å². The normalized spacial score (nSPS) is 18.0. The van der Waals surface area contributed by atoms with Gasteiger partial charge >= 0.3 is 6.09 Å². The summed E-state index contributed by atoms with van der Waals surface area (Å²) in [5, 5.41) is 16.5. The highest BCUT2D eigenvalue weighted by Crippen LogP contribution is 2.29. The van der Waals surface area contributed by atoms with Crippen LogP contribution in [0.3, 0.4) is 0 Å². The number of imidazole rings is 1. The standard InChI is InChI=1S/C13H20N4O2.2CH2O2/c1-16-9-5-14-11(16)2-6-17-7-3-13(4-8-17)10-15-12(18)19-13;2*2-1-3/h5,9H,2-4,6-8,10H2,1H3,(H,15,18);2*1H,(H,2,3). The Balaban J connectivity index is 0.000000460. The van der Waals surface area contributed by atoms with Gasteiger partial charge in [0.05, 0.1) is 6.54 Å². The summed E-state index contributed by atoms with van der Waals surface area (Å²) in [5.41, 5.74) is -0.239. The van der Waals surface area contributed by atoms with Gasteiger partial charge in [0.15, 0.2) is 0 Å². The van der Waals surface area contributed by atoms with Crippen LogP contribution in [0.4, 0.5) is 4.79 Å². The molecule has 1 amide bonds. The van der Waals surface area contributed by atoms with Gasteiger partial charge in [-0.2, -0.15) is 0 Å². The molecule has 1 aromatic rings. The monoisotopic (exact) mass is 356 g/mol. The summed E-state index contributed by atoms with van der Waals surface area (Å²) >= 11 is 0. The second-order valence-electron chi connectivity index (χ2n) is 5.68. The molecule has 1 spiro atoms. The molecule has 0 atom stereocenters. The van der Waals surface area contributed by atoms with Gasteiger partial charge in [-0.25, -0.2) is 9.78 Å². The molecule has 0 bridgehead atoms. The number of ether oxygens (including phenoxy) is 1. The van der Waals surface area contributed by atoms with Crippen molar-refractivity contribution in [2.75, 3.05) is 26.2 Å². The fourth-order valence-electron chi connectivity index (χ4n) is 2.86. The van der Waals surface area contributed by atoms with Gasteiger partial charge in [-0.05, 0) is 0 Å². The van der Waals surface area contributed by atoms with E-state index in [1.54, 1.807) is 0 Å². The van der Waals surface area contributed by atoms with Crippen molar-refractivity contribution in [1.29, 1.82) is 0 Å². The fraction of sp³-hybridized carbons (Fsp3) is 0.600. The summed E-state index contributed by atoms with van der Waals surface area (Å²) in [6, 6.07) is 0. The highest BCUT2D eigenvalue weighted by atomic mass is 16.6. The lowest BCUT2D eigenvalue weighted by Crippen LogP contribution is -2.47. The van der Waals surface area contributed by atoms with Crippen LogP contribution < -0.4 is 5.32 Å². The minimum atomic E-state index is -0.263. The van der Waals surface area contributed by atoms with Crippen molar-refractivity contribution in [3.05, 3.63) is 18.2 Å². The van der Waals surface area contributed by atoms with Gasteiger partial charge in [-0.15, -0.1) is 0 Å². The molecule has 2 fully saturated rings. The first-order valence-corrected chi connectivity index (χ1v) is 7.81. The Hall–Kier alpha value is -2.62. The minimum absolute atomic E-state index is 0.239. The van der Waals surface area contributed by atoms with E-state index in [2.05, 4.69) is 19.8 Å². The molecule has 3 rings (SSSR count). The molecule has 3 heterocycles. The van der Waals surface area contributed by atoms with Crippen LogP contribution in [0.5, 0.6) is 0 Å². The molecule has 0 saturated carbocycles. The highest BCUT2D eigenvalue weighted by molar-refractivity contribution is 5.70. The third-order valence-corrected chi connectivity index (χ3v) is 4.20. The number of carbonyl (C=O) groups is 3. The molecule has 25 heavy (non-hydrogen) atoms. The quantitative estimate of drug-likeness (QED) is 0.641. The Morgan fingerprint density at radius 1 is 1.32 bits per heavy atom. The number of likely N-dealkylation sites (tertiary alicyclic amines) is 1. The molecule has 0 aliphatic carbocycles. The Bertz CT molecular complexity index is 548. The number of rotatable bonds is 3. The number of alkyl carbamates (subject to hydrolysis) is 1. The lowest BCUT2D eigenvalue weighted by atomic mass is 9.91. The van der Waals surface area contributed by atoms with Crippen LogP contribution in [0.25, 0.3) is 0 Å². The maximum absolute atomic E-state index is 11.2. The lowest BCUT2D eigenvalue weighted by molar-refractivity contribution is -0.123. The van der Waals surface area contributed by atoms with Gasteiger partial charge in [-0.3, -0.25) is 9.59 Å². The van der Waals surface area contributed by atoms with Crippen LogP contribution in [0.2, 0.25) is 0 Å². The number of carbonyl (C=O) groups excluding carboxylic acids is 1. The minimum Gasteiger partial charge on any atom is -0.483 e. The number of nitrogens with zero attached hydrogens (tertiary/aromatic N) is 3. The summed E-state index contributed by atoms with van der Waals surface area (Å²) in [7, 11) is 2.02. The summed E-state index contributed by atoms with van der Waals surface area (Å²) in [5.74, 6) is 1.12. The lowest BCUT2D eigenvalue weighted by Gasteiger charge is -2.37. The predicted molar refractivity (Wildman–Crippen MR) is 87.2 cm³/mol. The number of nitrogens with one attached hydrogen (secondary N) is 1. The van der Waals surface area contributed by atoms with Gasteiger partial charge < -0.3 is 29.7 Å². The largest absolute Gasteiger partial charge is 0.483 e. The van der Waals surface area contributed by atoms with Crippen molar-refractivity contribution < 1.29 is 29.3 Å². The molecule has 0 unspecified atom stereocenters. The van der Waals surface area contributed by atoms with Crippen molar-refractivity contribution >= 4 is 19.0 Å². The molecule has 0 radical (unpaired) electrons. The number of hydrogen-bond donors (Lipinski definition) is 3. The van der Waals surface area contributed by atoms with Crippen molar-refractivity contribution in [2.45, 2.75) is 24.9 Å². The maximum atomic E-state index is 11.2. The van der Waals surface area contributed by atoms with Crippen molar-refractivity contribution in [1.82, 2.24) is 19.8 Å². The average molecular weight is 356 g/mol. The second kappa shape index (κ2) is 10.3. The van der Waals surface area contributed by atoms with Crippen LogP contribution in [0.15, 0.2) is 12.4 Å². The summed E-state index contributed by atoms with van der Waals surface area (Å²) < 4.78 is 7.48. The van der Waals surface area contributed by atoms with Gasteiger partial charge in [0.2, 0.25) is 0 Å². The van der Waals surface area contributed by atoms with Crippen LogP contribution in [-0.2, 0) is 27.8 Å². The summed E-state index contributed by atoms with van der Waals surface area (Å²) in [6.45, 7) is 3.15. The zero-order valence-electron chi connectivity index (χ0n) is 14.1. The Morgan fingerprint density at radius 2 is 1.92 bits per heavy atom. The van der Waals surface area contributed by atoms with Gasteiger partial charge in [-0.1, -0.05) is 0 Å². The van der Waals surface area contributed by atoms with Crippen LogP contribution in [0, 0.1) is 0 Å². The Labute approximate surface area is 145 Å². The first-order chi connectivity index (χ1) is 12.0. The number of hydrogen-bond acceptors (Lipinski definition) is 6. The predicted octanol–water partition coefficient (Wildman–Crippen LogP) is -0.0614. The van der Waals surface area contributed by atoms with E-state index in [0.717, 1.165) is 44.7 Å². The van der Waals surface area contributed by atoms with Gasteiger partial charge in [0.1, 0.15) is 11.4 Å². The van der Waals surface area contributed by atoms with E-state index >= 15 is 0 Å². The molecule has 2 aliphatic heterocycles. The Morgan fingerprint density at radius 3 is 2.36 bits per heavy atom. The maximum Gasteiger partial charge on any atom is 0.407 e. The number of aryl methyl sites for hydroxylation is 1. The van der Waals surface area contributed by atoms with Gasteiger partial charge in [0.25, 0.3) is 12.9 Å². The molecule has 3 N–H and O–H groups in total. The van der Waals surface area contributed by atoms with E-state index in [1.165, 1.54) is 0 Å². The highest BCUT2D eigenvalue weighted by Gasteiger charge is 2.42. The van der Waals surface area contributed by atoms with Crippen molar-refractivity contribution in [3.63, 3.8) is 0 Å². The Kier molecular flexibility index (Phi) is 8.40. The van der Waals surface area contributed by atoms with Crippen LogP contribution in [-0.4, -0.2) is 75.5 Å². The average Bonchev–Trinajstić information content (AvgIpc) is 3.15. The van der Waals surface area contributed by atoms with E-state index in [-0.39, 0.29) is 24.6 Å². The van der Waals surface area contributed by atoms with Crippen molar-refractivity contribution in [3.8, 4) is 0 Å². The fourth-order valence-corrected chi connectivity index (χ4v) is 2.86. The van der Waals surface area contributed by atoms with Crippen LogP contribution in [0.1, 0.15) is 18.7 Å². The smallest absolute Gasteiger partial charge is 0.407 e. The topological polar surface area (TPSA) is 134 Å².